The van der Waals surface area contributed by atoms with Crippen LogP contribution < -0.4 is 5.32 Å². The Morgan fingerprint density at radius 1 is 1.36 bits per heavy atom. The molecule has 1 atom stereocenters. The summed E-state index contributed by atoms with van der Waals surface area (Å²) in [6.07, 6.45) is 4.12. The zero-order valence-electron chi connectivity index (χ0n) is 15.0. The Hall–Kier alpha value is -2.30. The second-order valence-electron chi connectivity index (χ2n) is 7.32. The lowest BCUT2D eigenvalue weighted by molar-refractivity contribution is -0.129. The number of hydrogen-bond acceptors (Lipinski definition) is 2. The van der Waals surface area contributed by atoms with Gasteiger partial charge in [0.25, 0.3) is 0 Å². The highest BCUT2D eigenvalue weighted by Gasteiger charge is 2.33. The van der Waals surface area contributed by atoms with Gasteiger partial charge in [0.2, 0.25) is 11.8 Å². The third-order valence-corrected chi connectivity index (χ3v) is 4.93. The average molecular weight is 341 g/mol. The summed E-state index contributed by atoms with van der Waals surface area (Å²) in [5, 5.41) is 4.17. The van der Waals surface area contributed by atoms with E-state index in [1.807, 2.05) is 23.2 Å². The van der Waals surface area contributed by atoms with Gasteiger partial charge < -0.3 is 15.2 Å². The average Bonchev–Trinajstić information content (AvgIpc) is 3.16. The standard InChI is InChI=1S/C20H27N3O2/c1-14(2)7-9-21-20(25)16-11-19(24)23(13-16)10-8-15-12-22-18-6-4-3-5-17(15)18/h3-6,12,14,16,22H,7-11,13H2,1-2H3,(H,21,25). The Morgan fingerprint density at radius 2 is 2.16 bits per heavy atom. The molecule has 25 heavy (non-hydrogen) atoms. The zero-order valence-corrected chi connectivity index (χ0v) is 15.0. The van der Waals surface area contributed by atoms with Crippen molar-refractivity contribution >= 4 is 22.7 Å². The van der Waals surface area contributed by atoms with Crippen LogP contribution in [0.1, 0.15) is 32.3 Å². The zero-order chi connectivity index (χ0) is 17.8. The number of para-hydroxylation sites is 1. The first kappa shape index (κ1) is 17.5. The maximum absolute atomic E-state index is 12.2. The van der Waals surface area contributed by atoms with E-state index in [9.17, 15) is 9.59 Å². The molecule has 1 aromatic carbocycles. The van der Waals surface area contributed by atoms with E-state index < -0.39 is 0 Å². The highest BCUT2D eigenvalue weighted by molar-refractivity contribution is 5.89. The minimum Gasteiger partial charge on any atom is -0.361 e. The molecule has 1 unspecified atom stereocenters. The molecule has 1 aliphatic rings. The summed E-state index contributed by atoms with van der Waals surface area (Å²) < 4.78 is 0. The third-order valence-electron chi connectivity index (χ3n) is 4.93. The van der Waals surface area contributed by atoms with Gasteiger partial charge in [-0.1, -0.05) is 32.0 Å². The molecule has 1 aromatic heterocycles. The van der Waals surface area contributed by atoms with Gasteiger partial charge in [-0.05, 0) is 30.4 Å². The monoisotopic (exact) mass is 341 g/mol. The maximum Gasteiger partial charge on any atom is 0.225 e. The number of rotatable bonds is 7. The van der Waals surface area contributed by atoms with E-state index >= 15 is 0 Å². The normalized spacial score (nSPS) is 17.6. The Kier molecular flexibility index (Phi) is 5.41. The lowest BCUT2D eigenvalue weighted by Crippen LogP contribution is -2.34. The number of benzene rings is 1. The summed E-state index contributed by atoms with van der Waals surface area (Å²) in [6.45, 7) is 6.16. The quantitative estimate of drug-likeness (QED) is 0.813. The Morgan fingerprint density at radius 3 is 2.96 bits per heavy atom. The molecule has 0 spiro atoms. The summed E-state index contributed by atoms with van der Waals surface area (Å²) >= 11 is 0. The summed E-state index contributed by atoms with van der Waals surface area (Å²) in [5.41, 5.74) is 2.33. The molecule has 0 radical (unpaired) electrons. The number of nitrogens with one attached hydrogen (secondary N) is 2. The smallest absolute Gasteiger partial charge is 0.225 e. The number of carbonyl (C=O) groups is 2. The van der Waals surface area contributed by atoms with Crippen LogP contribution in [0.2, 0.25) is 0 Å². The van der Waals surface area contributed by atoms with Crippen LogP contribution in [0.3, 0.4) is 0 Å². The minimum atomic E-state index is -0.206. The van der Waals surface area contributed by atoms with Crippen molar-refractivity contribution in [1.82, 2.24) is 15.2 Å². The van der Waals surface area contributed by atoms with Crippen LogP contribution in [0.15, 0.2) is 30.5 Å². The first-order valence-corrected chi connectivity index (χ1v) is 9.15. The van der Waals surface area contributed by atoms with Crippen LogP contribution >= 0.6 is 0 Å². The fourth-order valence-electron chi connectivity index (χ4n) is 3.39. The SMILES string of the molecule is CC(C)CCNC(=O)C1CC(=O)N(CCc2c[nH]c3ccccc23)C1. The van der Waals surface area contributed by atoms with E-state index in [2.05, 4.69) is 36.3 Å². The van der Waals surface area contributed by atoms with Gasteiger partial charge in [-0.3, -0.25) is 9.59 Å². The largest absolute Gasteiger partial charge is 0.361 e. The van der Waals surface area contributed by atoms with Crippen molar-refractivity contribution in [3.05, 3.63) is 36.0 Å². The molecule has 0 aliphatic carbocycles. The summed E-state index contributed by atoms with van der Waals surface area (Å²) in [6, 6.07) is 8.18. The lowest BCUT2D eigenvalue weighted by atomic mass is 10.1. The fourth-order valence-corrected chi connectivity index (χ4v) is 3.39. The first-order chi connectivity index (χ1) is 12.0. The summed E-state index contributed by atoms with van der Waals surface area (Å²) in [7, 11) is 0. The van der Waals surface area contributed by atoms with Crippen molar-refractivity contribution in [2.75, 3.05) is 19.6 Å². The number of hydrogen-bond donors (Lipinski definition) is 2. The molecular formula is C20H27N3O2. The molecule has 5 nitrogen and oxygen atoms in total. The highest BCUT2D eigenvalue weighted by atomic mass is 16.2. The maximum atomic E-state index is 12.2. The summed E-state index contributed by atoms with van der Waals surface area (Å²) in [4.78, 5) is 29.6. The van der Waals surface area contributed by atoms with E-state index in [0.29, 0.717) is 32.0 Å². The molecule has 1 aliphatic heterocycles. The number of nitrogens with zero attached hydrogens (tertiary/aromatic N) is 1. The first-order valence-electron chi connectivity index (χ1n) is 9.15. The molecule has 3 rings (SSSR count). The van der Waals surface area contributed by atoms with Crippen LogP contribution in [0.5, 0.6) is 0 Å². The number of carbonyl (C=O) groups excluding carboxylic acids is 2. The van der Waals surface area contributed by atoms with Crippen LogP contribution in [0, 0.1) is 11.8 Å². The molecule has 2 aromatic rings. The van der Waals surface area contributed by atoms with Crippen LogP contribution in [0.4, 0.5) is 0 Å². The van der Waals surface area contributed by atoms with E-state index in [1.54, 1.807) is 0 Å². The van der Waals surface area contributed by atoms with Gasteiger partial charge in [-0.2, -0.15) is 0 Å². The number of H-pyrrole nitrogens is 1. The van der Waals surface area contributed by atoms with Crippen LogP contribution in [-0.2, 0) is 16.0 Å². The van der Waals surface area contributed by atoms with Crippen LogP contribution in [0.25, 0.3) is 10.9 Å². The van der Waals surface area contributed by atoms with E-state index in [-0.39, 0.29) is 17.7 Å². The minimum absolute atomic E-state index is 0.0172. The Labute approximate surface area is 148 Å². The predicted molar refractivity (Wildman–Crippen MR) is 99.2 cm³/mol. The number of aromatic nitrogens is 1. The molecule has 134 valence electrons. The number of amides is 2. The molecule has 0 bridgehead atoms. The highest BCUT2D eigenvalue weighted by Crippen LogP contribution is 2.21. The van der Waals surface area contributed by atoms with E-state index in [4.69, 9.17) is 0 Å². The van der Waals surface area contributed by atoms with Crippen molar-refractivity contribution in [2.45, 2.75) is 33.1 Å². The molecule has 5 heteroatoms. The molecule has 2 amide bonds. The van der Waals surface area contributed by atoms with E-state index in [1.165, 1.54) is 10.9 Å². The van der Waals surface area contributed by atoms with Crippen LogP contribution in [-0.4, -0.2) is 41.3 Å². The molecule has 1 fully saturated rings. The van der Waals surface area contributed by atoms with Crippen molar-refractivity contribution < 1.29 is 9.59 Å². The molecule has 1 saturated heterocycles. The van der Waals surface area contributed by atoms with Gasteiger partial charge in [0.05, 0.1) is 5.92 Å². The predicted octanol–water partition coefficient (Wildman–Crippen LogP) is 2.72. The second kappa shape index (κ2) is 7.72. The van der Waals surface area contributed by atoms with Gasteiger partial charge in [0.15, 0.2) is 0 Å². The third kappa shape index (κ3) is 4.21. The molecule has 2 N–H and O–H groups in total. The van der Waals surface area contributed by atoms with Gasteiger partial charge >= 0.3 is 0 Å². The molecular weight excluding hydrogens is 314 g/mol. The molecule has 0 saturated carbocycles. The van der Waals surface area contributed by atoms with E-state index in [0.717, 1.165) is 18.4 Å². The van der Waals surface area contributed by atoms with Crippen molar-refractivity contribution in [2.24, 2.45) is 11.8 Å². The van der Waals surface area contributed by atoms with Gasteiger partial charge in [0.1, 0.15) is 0 Å². The Bertz CT molecular complexity index is 750. The topological polar surface area (TPSA) is 65.2 Å². The van der Waals surface area contributed by atoms with Crippen molar-refractivity contribution in [1.29, 1.82) is 0 Å². The number of fused-ring (bicyclic) bond motifs is 1. The van der Waals surface area contributed by atoms with Gasteiger partial charge in [-0.25, -0.2) is 0 Å². The Balaban J connectivity index is 1.52. The fraction of sp³-hybridized carbons (Fsp3) is 0.500. The number of likely N-dealkylation sites (tertiary alicyclic amines) is 1. The summed E-state index contributed by atoms with van der Waals surface area (Å²) in [5.74, 6) is 0.466. The number of aromatic amines is 1. The van der Waals surface area contributed by atoms with Gasteiger partial charge in [-0.15, -0.1) is 0 Å². The second-order valence-corrected chi connectivity index (χ2v) is 7.32. The van der Waals surface area contributed by atoms with Gasteiger partial charge in [0, 0.05) is 43.2 Å². The lowest BCUT2D eigenvalue weighted by Gasteiger charge is -2.16. The van der Waals surface area contributed by atoms with Crippen molar-refractivity contribution in [3.63, 3.8) is 0 Å². The van der Waals surface area contributed by atoms with Crippen molar-refractivity contribution in [3.8, 4) is 0 Å². The molecule has 2 heterocycles.